The minimum atomic E-state index is -0.0177. The van der Waals surface area contributed by atoms with Crippen molar-refractivity contribution in [2.24, 2.45) is 0 Å². The Morgan fingerprint density at radius 2 is 1.61 bits per heavy atom. The lowest BCUT2D eigenvalue weighted by molar-refractivity contribution is 0.0623. The van der Waals surface area contributed by atoms with Gasteiger partial charge in [0.05, 0.1) is 7.11 Å². The quantitative estimate of drug-likeness (QED) is 0.436. The number of methoxy groups -OCH3 is 1. The summed E-state index contributed by atoms with van der Waals surface area (Å²) in [6.07, 6.45) is 3.82. The second-order valence-corrected chi connectivity index (χ2v) is 8.67. The molecule has 0 N–H and O–H groups in total. The molecule has 2 aromatic heterocycles. The molecule has 0 spiro atoms. The minimum Gasteiger partial charge on any atom is -0.497 e. The van der Waals surface area contributed by atoms with Crippen LogP contribution in [0.2, 0.25) is 5.02 Å². The van der Waals surface area contributed by atoms with E-state index in [2.05, 4.69) is 22.0 Å². The van der Waals surface area contributed by atoms with E-state index >= 15 is 0 Å². The van der Waals surface area contributed by atoms with Crippen LogP contribution in [-0.2, 0) is 6.54 Å². The van der Waals surface area contributed by atoms with E-state index in [1.54, 1.807) is 7.11 Å². The van der Waals surface area contributed by atoms with Crippen LogP contribution >= 0.6 is 11.6 Å². The predicted molar refractivity (Wildman–Crippen MR) is 130 cm³/mol. The van der Waals surface area contributed by atoms with Gasteiger partial charge in [0.15, 0.2) is 0 Å². The van der Waals surface area contributed by atoms with Gasteiger partial charge in [-0.05, 0) is 53.1 Å². The molecule has 33 heavy (non-hydrogen) atoms. The van der Waals surface area contributed by atoms with Crippen LogP contribution in [0.3, 0.4) is 0 Å². The van der Waals surface area contributed by atoms with Gasteiger partial charge in [0.25, 0.3) is 5.91 Å². The largest absolute Gasteiger partial charge is 0.497 e. The Morgan fingerprint density at radius 1 is 0.909 bits per heavy atom. The standard InChI is InChI=1S/C26H25ClN4O2/c1-33-23-9-2-19(3-10-23)16-29-12-14-30(15-13-29)26(32)24-18-31-17-21(6-11-25(31)28-24)20-4-7-22(27)8-5-20/h2-11,17-18H,12-16H2,1H3. The van der Waals surface area contributed by atoms with Crippen molar-refractivity contribution < 1.29 is 9.53 Å². The van der Waals surface area contributed by atoms with E-state index < -0.39 is 0 Å². The highest BCUT2D eigenvalue weighted by Crippen LogP contribution is 2.23. The van der Waals surface area contributed by atoms with Crippen LogP contribution in [0.25, 0.3) is 16.8 Å². The Labute approximate surface area is 198 Å². The number of hydrogen-bond acceptors (Lipinski definition) is 4. The van der Waals surface area contributed by atoms with E-state index in [1.807, 2.05) is 70.2 Å². The van der Waals surface area contributed by atoms with Gasteiger partial charge in [0, 0.05) is 50.1 Å². The minimum absolute atomic E-state index is 0.0177. The highest BCUT2D eigenvalue weighted by atomic mass is 35.5. The van der Waals surface area contributed by atoms with Crippen LogP contribution in [0.15, 0.2) is 73.1 Å². The number of nitrogens with zero attached hydrogens (tertiary/aromatic N) is 4. The third kappa shape index (κ3) is 4.72. The maximum Gasteiger partial charge on any atom is 0.274 e. The van der Waals surface area contributed by atoms with Crippen molar-refractivity contribution >= 4 is 23.2 Å². The number of piperazine rings is 1. The van der Waals surface area contributed by atoms with E-state index in [1.165, 1.54) is 5.56 Å². The first-order chi connectivity index (χ1) is 16.1. The number of hydrogen-bond donors (Lipinski definition) is 0. The Balaban J connectivity index is 1.24. The third-order valence-electron chi connectivity index (χ3n) is 6.07. The topological polar surface area (TPSA) is 50.1 Å². The number of ether oxygens (including phenoxy) is 1. The summed E-state index contributed by atoms with van der Waals surface area (Å²) in [6, 6.07) is 19.8. The van der Waals surface area contributed by atoms with Gasteiger partial charge in [0.2, 0.25) is 0 Å². The van der Waals surface area contributed by atoms with Gasteiger partial charge in [-0.3, -0.25) is 9.69 Å². The fourth-order valence-corrected chi connectivity index (χ4v) is 4.29. The van der Waals surface area contributed by atoms with E-state index in [4.69, 9.17) is 16.3 Å². The van der Waals surface area contributed by atoms with Gasteiger partial charge in [-0.1, -0.05) is 35.9 Å². The summed E-state index contributed by atoms with van der Waals surface area (Å²) >= 11 is 6.00. The lowest BCUT2D eigenvalue weighted by atomic mass is 10.1. The summed E-state index contributed by atoms with van der Waals surface area (Å²) in [4.78, 5) is 21.9. The number of fused-ring (bicyclic) bond motifs is 1. The van der Waals surface area contributed by atoms with E-state index in [0.29, 0.717) is 23.8 Å². The zero-order valence-electron chi connectivity index (χ0n) is 18.4. The smallest absolute Gasteiger partial charge is 0.274 e. The molecule has 0 aliphatic carbocycles. The molecular weight excluding hydrogens is 436 g/mol. The van der Waals surface area contributed by atoms with Gasteiger partial charge < -0.3 is 14.0 Å². The van der Waals surface area contributed by atoms with Gasteiger partial charge in [-0.2, -0.15) is 0 Å². The number of carbonyl (C=O) groups excluding carboxylic acids is 1. The summed E-state index contributed by atoms with van der Waals surface area (Å²) in [7, 11) is 1.67. The molecule has 1 amide bonds. The summed E-state index contributed by atoms with van der Waals surface area (Å²) in [5.41, 5.74) is 4.59. The van der Waals surface area contributed by atoms with Crippen LogP contribution in [0, 0.1) is 0 Å². The molecule has 6 nitrogen and oxygen atoms in total. The fraction of sp³-hybridized carbons (Fsp3) is 0.231. The number of rotatable bonds is 5. The molecule has 168 valence electrons. The second-order valence-electron chi connectivity index (χ2n) is 8.23. The lowest BCUT2D eigenvalue weighted by Gasteiger charge is -2.34. The van der Waals surface area contributed by atoms with Crippen LogP contribution in [0.5, 0.6) is 5.75 Å². The third-order valence-corrected chi connectivity index (χ3v) is 6.32. The zero-order valence-corrected chi connectivity index (χ0v) is 19.2. The van der Waals surface area contributed by atoms with Crippen molar-refractivity contribution in [3.8, 4) is 16.9 Å². The Hall–Kier alpha value is -3.35. The summed E-state index contributed by atoms with van der Waals surface area (Å²) in [6.45, 7) is 3.93. The molecule has 1 saturated heterocycles. The SMILES string of the molecule is COc1ccc(CN2CCN(C(=O)c3cn4cc(-c5ccc(Cl)cc5)ccc4n3)CC2)cc1. The monoisotopic (exact) mass is 460 g/mol. The predicted octanol–water partition coefficient (Wildman–Crippen LogP) is 4.62. The molecule has 2 aromatic carbocycles. The molecule has 1 fully saturated rings. The van der Waals surface area contributed by atoms with E-state index in [0.717, 1.165) is 42.2 Å². The van der Waals surface area contributed by atoms with Crippen molar-refractivity contribution in [1.82, 2.24) is 19.2 Å². The van der Waals surface area contributed by atoms with Crippen LogP contribution in [0.4, 0.5) is 0 Å². The Morgan fingerprint density at radius 3 is 2.30 bits per heavy atom. The van der Waals surface area contributed by atoms with Gasteiger partial charge in [-0.25, -0.2) is 4.98 Å². The Kier molecular flexibility index (Phi) is 6.03. The van der Waals surface area contributed by atoms with Crippen molar-refractivity contribution in [2.45, 2.75) is 6.54 Å². The molecule has 5 rings (SSSR count). The van der Waals surface area contributed by atoms with Gasteiger partial charge >= 0.3 is 0 Å². The number of amides is 1. The van der Waals surface area contributed by atoms with Crippen molar-refractivity contribution in [3.63, 3.8) is 0 Å². The molecule has 7 heteroatoms. The van der Waals surface area contributed by atoms with E-state index in [9.17, 15) is 4.79 Å². The number of imidazole rings is 1. The average Bonchev–Trinajstić information content (AvgIpc) is 3.28. The van der Waals surface area contributed by atoms with Crippen molar-refractivity contribution in [1.29, 1.82) is 0 Å². The average molecular weight is 461 g/mol. The molecule has 0 saturated carbocycles. The first-order valence-electron chi connectivity index (χ1n) is 11.0. The molecular formula is C26H25ClN4O2. The first-order valence-corrected chi connectivity index (χ1v) is 11.4. The van der Waals surface area contributed by atoms with Crippen molar-refractivity contribution in [3.05, 3.63) is 89.3 Å². The highest BCUT2D eigenvalue weighted by molar-refractivity contribution is 6.30. The second kappa shape index (κ2) is 9.25. The number of benzene rings is 2. The normalized spacial score (nSPS) is 14.5. The van der Waals surface area contributed by atoms with Crippen molar-refractivity contribution in [2.75, 3.05) is 33.3 Å². The molecule has 0 radical (unpaired) electrons. The maximum atomic E-state index is 13.1. The summed E-state index contributed by atoms with van der Waals surface area (Å²) in [5.74, 6) is 0.845. The molecule has 0 unspecified atom stereocenters. The molecule has 1 aliphatic rings. The summed E-state index contributed by atoms with van der Waals surface area (Å²) in [5, 5.41) is 0.708. The Bertz CT molecular complexity index is 1260. The number of halogens is 1. The molecule has 3 heterocycles. The van der Waals surface area contributed by atoms with Gasteiger partial charge in [-0.15, -0.1) is 0 Å². The zero-order chi connectivity index (χ0) is 22.8. The lowest BCUT2D eigenvalue weighted by Crippen LogP contribution is -2.48. The number of aromatic nitrogens is 2. The maximum absolute atomic E-state index is 13.1. The number of pyridine rings is 1. The molecule has 1 aliphatic heterocycles. The van der Waals surface area contributed by atoms with Crippen LogP contribution < -0.4 is 4.74 Å². The molecule has 0 atom stereocenters. The first kappa shape index (κ1) is 21.5. The van der Waals surface area contributed by atoms with Crippen LogP contribution in [0.1, 0.15) is 16.1 Å². The molecule has 0 bridgehead atoms. The van der Waals surface area contributed by atoms with Gasteiger partial charge in [0.1, 0.15) is 17.1 Å². The summed E-state index contributed by atoms with van der Waals surface area (Å²) < 4.78 is 7.14. The molecule has 4 aromatic rings. The highest BCUT2D eigenvalue weighted by Gasteiger charge is 2.24. The number of carbonyl (C=O) groups is 1. The fourth-order valence-electron chi connectivity index (χ4n) is 4.17. The van der Waals surface area contributed by atoms with Crippen LogP contribution in [-0.4, -0.2) is 58.4 Å². The van der Waals surface area contributed by atoms with E-state index in [-0.39, 0.29) is 5.91 Å².